The van der Waals surface area contributed by atoms with Crippen LogP contribution in [0, 0.1) is 17.2 Å². The molecule has 0 aromatic heterocycles. The average molecular weight is 171 g/mol. The molecule has 1 aliphatic rings. The first-order valence-electron chi connectivity index (χ1n) is 3.91. The molecule has 0 unspecified atom stereocenters. The summed E-state index contributed by atoms with van der Waals surface area (Å²) < 4.78 is 10.5. The lowest BCUT2D eigenvalue weighted by atomic mass is 10.1. The van der Waals surface area contributed by atoms with Crippen LogP contribution in [0.2, 0.25) is 0 Å². The van der Waals surface area contributed by atoms with Gasteiger partial charge in [0, 0.05) is 0 Å². The van der Waals surface area contributed by atoms with Gasteiger partial charge >= 0.3 is 0 Å². The molecule has 12 heavy (non-hydrogen) atoms. The Morgan fingerprint density at radius 3 is 2.58 bits per heavy atom. The molecule has 0 aliphatic carbocycles. The van der Waals surface area contributed by atoms with E-state index in [-0.39, 0.29) is 13.2 Å². The fourth-order valence-corrected chi connectivity index (χ4v) is 0.969. The molecule has 1 saturated heterocycles. The van der Waals surface area contributed by atoms with Crippen molar-refractivity contribution in [3.8, 4) is 6.07 Å². The van der Waals surface area contributed by atoms with Crippen LogP contribution < -0.4 is 0 Å². The van der Waals surface area contributed by atoms with E-state index in [1.165, 1.54) is 0 Å². The van der Waals surface area contributed by atoms with Gasteiger partial charge in [-0.15, -0.1) is 0 Å². The largest absolute Gasteiger partial charge is 0.389 e. The first-order chi connectivity index (χ1) is 5.55. The van der Waals surface area contributed by atoms with E-state index in [9.17, 15) is 5.11 Å². The fourth-order valence-electron chi connectivity index (χ4n) is 0.969. The quantitative estimate of drug-likeness (QED) is 0.568. The molecular formula is C8H13NO3. The molecule has 1 aliphatic heterocycles. The summed E-state index contributed by atoms with van der Waals surface area (Å²) in [5.41, 5.74) is 0. The van der Waals surface area contributed by atoms with E-state index in [0.717, 1.165) is 0 Å². The Balaban J connectivity index is 2.60. The zero-order chi connectivity index (χ0) is 9.19. The molecule has 1 N–H and O–H groups in total. The van der Waals surface area contributed by atoms with Gasteiger partial charge in [0.2, 0.25) is 0 Å². The molecule has 68 valence electrons. The molecule has 0 aromatic rings. The van der Waals surface area contributed by atoms with Crippen LogP contribution in [0.1, 0.15) is 13.8 Å². The van der Waals surface area contributed by atoms with E-state index in [1.807, 2.05) is 6.07 Å². The van der Waals surface area contributed by atoms with E-state index in [1.54, 1.807) is 13.8 Å². The molecule has 4 heteroatoms. The summed E-state index contributed by atoms with van der Waals surface area (Å²) >= 11 is 0. The predicted molar refractivity (Wildman–Crippen MR) is 41.1 cm³/mol. The van der Waals surface area contributed by atoms with Gasteiger partial charge in [-0.25, -0.2) is 0 Å². The Morgan fingerprint density at radius 1 is 1.42 bits per heavy atom. The summed E-state index contributed by atoms with van der Waals surface area (Å²) in [5.74, 6) is -1.17. The summed E-state index contributed by atoms with van der Waals surface area (Å²) in [7, 11) is 0. The first-order valence-corrected chi connectivity index (χ1v) is 3.91. The Hall–Kier alpha value is -0.630. The zero-order valence-electron chi connectivity index (χ0n) is 7.28. The summed E-state index contributed by atoms with van der Waals surface area (Å²) in [6.45, 7) is 3.91. The second-order valence-corrected chi connectivity index (χ2v) is 3.32. The maximum atomic E-state index is 9.35. The number of nitriles is 1. The molecule has 1 fully saturated rings. The minimum absolute atomic E-state index is 0.158. The second kappa shape index (κ2) is 3.40. The van der Waals surface area contributed by atoms with Crippen LogP contribution in [-0.2, 0) is 9.47 Å². The Bertz CT molecular complexity index is 197. The van der Waals surface area contributed by atoms with Crippen LogP contribution in [0.15, 0.2) is 0 Å². The normalized spacial score (nSPS) is 35.2. The molecule has 4 nitrogen and oxygen atoms in total. The van der Waals surface area contributed by atoms with E-state index < -0.39 is 17.8 Å². The van der Waals surface area contributed by atoms with E-state index >= 15 is 0 Å². The van der Waals surface area contributed by atoms with Crippen molar-refractivity contribution in [2.75, 3.05) is 13.2 Å². The Labute approximate surface area is 71.7 Å². The predicted octanol–water partition coefficient (Wildman–Crippen LogP) is 0.270. The standard InChI is InChI=1S/C8H13NO3/c1-8(2)11-4-6(3-9)7(10)5-12-8/h6-7,10H,4-5H2,1-2H3/t6-,7-/m1/s1. The molecule has 0 amide bonds. The molecule has 0 saturated carbocycles. The van der Waals surface area contributed by atoms with Crippen LogP contribution in [-0.4, -0.2) is 30.2 Å². The highest BCUT2D eigenvalue weighted by molar-refractivity contribution is 4.89. The number of nitrogens with zero attached hydrogens (tertiary/aromatic N) is 1. The molecular weight excluding hydrogens is 158 g/mol. The van der Waals surface area contributed by atoms with Crippen LogP contribution in [0.4, 0.5) is 0 Å². The molecule has 0 spiro atoms. The van der Waals surface area contributed by atoms with Crippen molar-refractivity contribution in [2.45, 2.75) is 25.7 Å². The number of rotatable bonds is 0. The lowest BCUT2D eigenvalue weighted by molar-refractivity contribution is -0.203. The third-order valence-corrected chi connectivity index (χ3v) is 1.84. The fraction of sp³-hybridized carbons (Fsp3) is 0.875. The van der Waals surface area contributed by atoms with Gasteiger partial charge < -0.3 is 14.6 Å². The molecule has 2 atom stereocenters. The van der Waals surface area contributed by atoms with Gasteiger partial charge in [-0.2, -0.15) is 5.26 Å². The lowest BCUT2D eigenvalue weighted by Crippen LogP contribution is -2.27. The van der Waals surface area contributed by atoms with Crippen molar-refractivity contribution < 1.29 is 14.6 Å². The Kier molecular flexibility index (Phi) is 2.68. The maximum Gasteiger partial charge on any atom is 0.162 e. The minimum atomic E-state index is -0.739. The van der Waals surface area contributed by atoms with Gasteiger partial charge in [0.15, 0.2) is 5.79 Å². The highest BCUT2D eigenvalue weighted by Gasteiger charge is 2.30. The molecule has 0 radical (unpaired) electrons. The monoisotopic (exact) mass is 171 g/mol. The number of hydrogen-bond donors (Lipinski definition) is 1. The number of aliphatic hydroxyl groups is 1. The number of ether oxygens (including phenoxy) is 2. The average Bonchev–Trinajstić information content (AvgIpc) is 2.13. The molecule has 0 bridgehead atoms. The van der Waals surface area contributed by atoms with Crippen molar-refractivity contribution in [3.05, 3.63) is 0 Å². The van der Waals surface area contributed by atoms with E-state index in [2.05, 4.69) is 0 Å². The minimum Gasteiger partial charge on any atom is -0.389 e. The van der Waals surface area contributed by atoms with Gasteiger partial charge in [-0.3, -0.25) is 0 Å². The second-order valence-electron chi connectivity index (χ2n) is 3.32. The third-order valence-electron chi connectivity index (χ3n) is 1.84. The van der Waals surface area contributed by atoms with Crippen molar-refractivity contribution in [1.82, 2.24) is 0 Å². The highest BCUT2D eigenvalue weighted by atomic mass is 16.7. The van der Waals surface area contributed by atoms with Crippen LogP contribution in [0.25, 0.3) is 0 Å². The van der Waals surface area contributed by atoms with Crippen LogP contribution in [0.5, 0.6) is 0 Å². The summed E-state index contributed by atoms with van der Waals surface area (Å²) in [4.78, 5) is 0. The topological polar surface area (TPSA) is 62.5 Å². The van der Waals surface area contributed by atoms with E-state index in [0.29, 0.717) is 0 Å². The Morgan fingerprint density at radius 2 is 2.00 bits per heavy atom. The maximum absolute atomic E-state index is 9.35. The van der Waals surface area contributed by atoms with Crippen LogP contribution >= 0.6 is 0 Å². The van der Waals surface area contributed by atoms with Crippen molar-refractivity contribution in [2.24, 2.45) is 5.92 Å². The van der Waals surface area contributed by atoms with Gasteiger partial charge in [-0.1, -0.05) is 0 Å². The molecule has 0 aromatic carbocycles. The third kappa shape index (κ3) is 2.18. The van der Waals surface area contributed by atoms with Crippen molar-refractivity contribution in [3.63, 3.8) is 0 Å². The molecule has 1 rings (SSSR count). The van der Waals surface area contributed by atoms with Gasteiger partial charge in [-0.05, 0) is 13.8 Å². The smallest absolute Gasteiger partial charge is 0.162 e. The van der Waals surface area contributed by atoms with Gasteiger partial charge in [0.05, 0.1) is 31.3 Å². The van der Waals surface area contributed by atoms with Crippen molar-refractivity contribution >= 4 is 0 Å². The first kappa shape index (κ1) is 9.46. The van der Waals surface area contributed by atoms with Gasteiger partial charge in [0.25, 0.3) is 0 Å². The number of hydrogen-bond acceptors (Lipinski definition) is 4. The summed E-state index contributed by atoms with van der Waals surface area (Å²) in [6, 6.07) is 1.98. The molecule has 1 heterocycles. The number of aliphatic hydroxyl groups excluding tert-OH is 1. The summed E-state index contributed by atoms with van der Waals surface area (Å²) in [5, 5.41) is 18.0. The zero-order valence-corrected chi connectivity index (χ0v) is 7.28. The van der Waals surface area contributed by atoms with Gasteiger partial charge in [0.1, 0.15) is 0 Å². The van der Waals surface area contributed by atoms with E-state index in [4.69, 9.17) is 14.7 Å². The van der Waals surface area contributed by atoms with Crippen LogP contribution in [0.3, 0.4) is 0 Å². The lowest BCUT2D eigenvalue weighted by Gasteiger charge is -2.22. The summed E-state index contributed by atoms with van der Waals surface area (Å²) in [6.07, 6.45) is -0.739. The van der Waals surface area contributed by atoms with Crippen molar-refractivity contribution in [1.29, 1.82) is 5.26 Å². The highest BCUT2D eigenvalue weighted by Crippen LogP contribution is 2.19. The SMILES string of the molecule is CC1(C)OC[C@@H](O)[C@H](C#N)CO1.